The molecule has 0 atom stereocenters. The average molecular weight is 54.7 g/mol. The Kier molecular flexibility index (Phi) is 44000. The summed E-state index contributed by atoms with van der Waals surface area (Å²) >= 11 is 0. The van der Waals surface area contributed by atoms with Gasteiger partial charge in [0.2, 0.25) is 0 Å². The van der Waals surface area contributed by atoms with Crippen LogP contribution >= 0.6 is 0 Å². The molecular formula is H5B2N2. The predicted molar refractivity (Wildman–Crippen MR) is 20.7 cm³/mol. The second-order valence-electron chi connectivity index (χ2n) is 0. The number of nitrogens with two attached hydrogens (primary N) is 1. The standard InChI is InChI=1S/BH2N.B.H3N/c1-2;;/h2H2;;1H3. The Bertz CT molecular complexity index is 4.00. The van der Waals surface area contributed by atoms with Gasteiger partial charge >= 0.3 is 0 Å². The molecule has 0 bridgehead atoms. The van der Waals surface area contributed by atoms with Gasteiger partial charge in [-0.1, -0.05) is 0 Å². The minimum absolute atomic E-state index is 0. The Balaban J connectivity index is -0.00000000500. The first-order valence-corrected chi connectivity index (χ1v) is 0.333. The van der Waals surface area contributed by atoms with Crippen molar-refractivity contribution in [3.05, 3.63) is 0 Å². The largest absolute Gasteiger partial charge is 0.380 e. The number of hydrogen-bond acceptors (Lipinski definition) is 2. The van der Waals surface area contributed by atoms with E-state index in [1.165, 1.54) is 0 Å². The fourth-order valence-corrected chi connectivity index (χ4v) is 0. The molecule has 0 aromatic carbocycles. The second-order valence-corrected chi connectivity index (χ2v) is 0. The molecule has 4 heavy (non-hydrogen) atoms. The zero-order valence-corrected chi connectivity index (χ0v) is 2.44. The normalized spacial score (nSPS) is 1.25. The van der Waals surface area contributed by atoms with Crippen molar-refractivity contribution in [3.63, 3.8) is 0 Å². The van der Waals surface area contributed by atoms with E-state index in [1.54, 1.807) is 0 Å². The highest BCUT2D eigenvalue weighted by Gasteiger charge is 0.935. The van der Waals surface area contributed by atoms with Gasteiger partial charge in [-0.15, -0.1) is 0 Å². The molecule has 0 fully saturated rings. The maximum absolute atomic E-state index is 4.00. The summed E-state index contributed by atoms with van der Waals surface area (Å²) in [4.78, 5) is 0. The van der Waals surface area contributed by atoms with E-state index in [0.717, 1.165) is 0 Å². The van der Waals surface area contributed by atoms with Crippen LogP contribution in [0.25, 0.3) is 0 Å². The Morgan fingerprint density at radius 1 is 1.25 bits per heavy atom. The van der Waals surface area contributed by atoms with Gasteiger partial charge in [-0.3, -0.25) is 0 Å². The van der Waals surface area contributed by atoms with E-state index in [1.807, 2.05) is 0 Å². The van der Waals surface area contributed by atoms with Crippen molar-refractivity contribution in [1.82, 2.24) is 6.15 Å². The molecule has 0 rings (SSSR count). The van der Waals surface area contributed by atoms with Crippen molar-refractivity contribution in [2.45, 2.75) is 0 Å². The maximum atomic E-state index is 4.00. The SMILES string of the molecule is N.[B].[B]N. The van der Waals surface area contributed by atoms with Gasteiger partial charge in [-0.25, -0.2) is 0 Å². The van der Waals surface area contributed by atoms with Crippen LogP contribution in [0.3, 0.4) is 0 Å². The fourth-order valence-electron chi connectivity index (χ4n) is 0. The van der Waals surface area contributed by atoms with Crippen LogP contribution in [0.1, 0.15) is 0 Å². The molecule has 5 N–H and O–H groups in total. The topological polar surface area (TPSA) is 61.0 Å². The van der Waals surface area contributed by atoms with Crippen LogP contribution in [0.5, 0.6) is 0 Å². The van der Waals surface area contributed by atoms with Crippen LogP contribution < -0.4 is 11.8 Å². The Morgan fingerprint density at radius 2 is 1.25 bits per heavy atom. The van der Waals surface area contributed by atoms with Gasteiger partial charge in [0.25, 0.3) is 0 Å². The van der Waals surface area contributed by atoms with Gasteiger partial charge in [-0.2, -0.15) is 0 Å². The van der Waals surface area contributed by atoms with Crippen LogP contribution in [-0.2, 0) is 0 Å². The van der Waals surface area contributed by atoms with Gasteiger partial charge in [-0.05, 0) is 0 Å². The highest BCUT2D eigenvalue weighted by Crippen LogP contribution is 0.350. The van der Waals surface area contributed by atoms with Gasteiger partial charge in [0.1, 0.15) is 0 Å². The van der Waals surface area contributed by atoms with Crippen molar-refractivity contribution in [2.24, 2.45) is 5.64 Å². The molecular weight excluding hydrogens is 49.6 g/mol. The van der Waals surface area contributed by atoms with E-state index in [2.05, 4.69) is 13.6 Å². The monoisotopic (exact) mass is 55.1 g/mol. The lowest BCUT2D eigenvalue weighted by Crippen LogP contribution is -1.75. The minimum Gasteiger partial charge on any atom is -0.380 e. The van der Waals surface area contributed by atoms with Gasteiger partial charge < -0.3 is 11.8 Å². The van der Waals surface area contributed by atoms with Gasteiger partial charge in [0.15, 0.2) is 7.98 Å². The van der Waals surface area contributed by atoms with Crippen molar-refractivity contribution in [3.8, 4) is 0 Å². The summed E-state index contributed by atoms with van der Waals surface area (Å²) in [5.74, 6) is 0. The molecule has 4 heteroatoms. The highest BCUT2D eigenvalue weighted by molar-refractivity contribution is 6.02. The third-order valence-electron chi connectivity index (χ3n) is 0. The molecule has 0 heterocycles. The van der Waals surface area contributed by atoms with Crippen molar-refractivity contribution >= 4 is 16.4 Å². The van der Waals surface area contributed by atoms with E-state index in [4.69, 9.17) is 0 Å². The molecule has 0 saturated heterocycles. The van der Waals surface area contributed by atoms with Crippen LogP contribution in [0, 0.1) is 0 Å². The van der Waals surface area contributed by atoms with E-state index >= 15 is 0 Å². The van der Waals surface area contributed by atoms with Crippen molar-refractivity contribution in [2.75, 3.05) is 0 Å². The van der Waals surface area contributed by atoms with Crippen molar-refractivity contribution in [1.29, 1.82) is 0 Å². The Hall–Kier alpha value is 0.0499. The molecule has 21 valence electrons. The van der Waals surface area contributed by atoms with E-state index < -0.39 is 0 Å². The van der Waals surface area contributed by atoms with Gasteiger partial charge in [0, 0.05) is 8.41 Å². The molecule has 0 unspecified atom stereocenters. The third-order valence-corrected chi connectivity index (χ3v) is 0. The summed E-state index contributed by atoms with van der Waals surface area (Å²) in [5, 5.41) is 0. The first kappa shape index (κ1) is 34.2. The molecule has 0 aromatic heterocycles. The lowest BCUT2D eigenvalue weighted by atomic mass is 10.5. The molecule has 2 nitrogen and oxygen atoms in total. The van der Waals surface area contributed by atoms with Crippen LogP contribution in [-0.4, -0.2) is 16.4 Å². The third kappa shape index (κ3) is 908. The molecule has 0 aliphatic rings. The second kappa shape index (κ2) is 5150. The van der Waals surface area contributed by atoms with Crippen LogP contribution in [0.15, 0.2) is 0 Å². The average Bonchev–Trinajstić information content (AvgIpc) is 1.00. The van der Waals surface area contributed by atoms with E-state index in [-0.39, 0.29) is 14.6 Å². The quantitative estimate of drug-likeness (QED) is 0.342. The molecule has 0 aliphatic carbocycles. The summed E-state index contributed by atoms with van der Waals surface area (Å²) in [6.45, 7) is 0. The summed E-state index contributed by atoms with van der Waals surface area (Å²) in [6.07, 6.45) is 0. The number of hydrogen-bond donors (Lipinski definition) is 2. The minimum atomic E-state index is 0. The summed E-state index contributed by atoms with van der Waals surface area (Å²) < 4.78 is 0. The zero-order valence-electron chi connectivity index (χ0n) is 2.44. The molecule has 0 saturated carbocycles. The molecule has 0 spiro atoms. The highest BCUT2D eigenvalue weighted by atomic mass is 14.3. The molecule has 0 amide bonds. The van der Waals surface area contributed by atoms with Crippen LogP contribution in [0.4, 0.5) is 0 Å². The van der Waals surface area contributed by atoms with E-state index in [9.17, 15) is 0 Å². The fraction of sp³-hybridized carbons (Fsp3) is 0. The first-order chi connectivity index (χ1) is 1.00. The van der Waals surface area contributed by atoms with Crippen molar-refractivity contribution < 1.29 is 0 Å². The maximum Gasteiger partial charge on any atom is 0.174 e. The zero-order chi connectivity index (χ0) is 2.00. The Morgan fingerprint density at radius 3 is 1.25 bits per heavy atom. The first-order valence-electron chi connectivity index (χ1n) is 0.333. The predicted octanol–water partition coefficient (Wildman–Crippen LogP) is -1.19. The van der Waals surface area contributed by atoms with Gasteiger partial charge in [0.05, 0.1) is 0 Å². The molecule has 0 aromatic rings. The summed E-state index contributed by atoms with van der Waals surface area (Å²) in [7, 11) is 4.00. The van der Waals surface area contributed by atoms with E-state index in [0.29, 0.717) is 0 Å². The summed E-state index contributed by atoms with van der Waals surface area (Å²) in [6, 6.07) is 0. The molecule has 0 aliphatic heterocycles. The Labute approximate surface area is 29.3 Å². The smallest absolute Gasteiger partial charge is 0.174 e. The summed E-state index contributed by atoms with van der Waals surface area (Å²) in [5.41, 5.74) is 4.00. The lowest BCUT2D eigenvalue weighted by molar-refractivity contribution is 2.00. The lowest BCUT2D eigenvalue weighted by Gasteiger charge is -1.14. The molecule has 5 radical (unpaired) electrons. The number of rotatable bonds is 0. The van der Waals surface area contributed by atoms with Crippen LogP contribution in [0.2, 0.25) is 0 Å².